The summed E-state index contributed by atoms with van der Waals surface area (Å²) in [5.74, 6) is -1.33. The Labute approximate surface area is 130 Å². The lowest BCUT2D eigenvalue weighted by Crippen LogP contribution is -2.45. The van der Waals surface area contributed by atoms with E-state index in [4.69, 9.17) is 0 Å². The summed E-state index contributed by atoms with van der Waals surface area (Å²) < 4.78 is 26.9. The fourth-order valence-corrected chi connectivity index (χ4v) is 2.29. The summed E-state index contributed by atoms with van der Waals surface area (Å²) in [5, 5.41) is 12.5. The van der Waals surface area contributed by atoms with Crippen LogP contribution in [0.2, 0.25) is 0 Å². The predicted octanol–water partition coefficient (Wildman–Crippen LogP) is 3.22. The number of likely N-dealkylation sites (N-methyl/N-ethyl adjacent to an activating group) is 1. The zero-order chi connectivity index (χ0) is 16.9. The molecule has 1 aromatic rings. The highest BCUT2D eigenvalue weighted by Crippen LogP contribution is 2.22. The molecule has 1 atom stereocenters. The van der Waals surface area contributed by atoms with Gasteiger partial charge in [-0.2, -0.15) is 0 Å². The lowest BCUT2D eigenvalue weighted by molar-refractivity contribution is 0.0527. The van der Waals surface area contributed by atoms with E-state index in [0.29, 0.717) is 6.42 Å². The molecule has 1 unspecified atom stereocenters. The Morgan fingerprint density at radius 1 is 1.41 bits per heavy atom. The van der Waals surface area contributed by atoms with Crippen molar-refractivity contribution in [1.29, 1.82) is 0 Å². The molecule has 0 heterocycles. The summed E-state index contributed by atoms with van der Waals surface area (Å²) in [7, 11) is 1.55. The average molecular weight is 314 g/mol. The second-order valence-corrected chi connectivity index (χ2v) is 6.13. The number of rotatable bonds is 6. The van der Waals surface area contributed by atoms with E-state index in [0.717, 1.165) is 12.5 Å². The molecule has 0 saturated heterocycles. The molecule has 124 valence electrons. The largest absolute Gasteiger partial charge is 0.389 e. The molecule has 0 radical (unpaired) electrons. The van der Waals surface area contributed by atoms with Crippen molar-refractivity contribution in [3.05, 3.63) is 35.4 Å². The molecule has 0 spiro atoms. The molecule has 6 heteroatoms. The van der Waals surface area contributed by atoms with Gasteiger partial charge in [0.05, 0.1) is 18.2 Å². The van der Waals surface area contributed by atoms with Crippen molar-refractivity contribution in [2.24, 2.45) is 0 Å². The van der Waals surface area contributed by atoms with Crippen LogP contribution in [0.5, 0.6) is 0 Å². The molecule has 22 heavy (non-hydrogen) atoms. The first-order chi connectivity index (χ1) is 10.1. The maximum Gasteiger partial charge on any atom is 0.317 e. The lowest BCUT2D eigenvalue weighted by atomic mass is 10.0. The zero-order valence-corrected chi connectivity index (χ0v) is 13.5. The zero-order valence-electron chi connectivity index (χ0n) is 13.5. The molecule has 0 aromatic heterocycles. The van der Waals surface area contributed by atoms with Crippen molar-refractivity contribution in [2.45, 2.75) is 45.3 Å². The van der Waals surface area contributed by atoms with Gasteiger partial charge in [-0.05, 0) is 26.3 Å². The molecule has 2 N–H and O–H groups in total. The van der Waals surface area contributed by atoms with Gasteiger partial charge in [0.15, 0.2) is 0 Å². The molecular weight excluding hydrogens is 290 g/mol. The number of benzene rings is 1. The van der Waals surface area contributed by atoms with E-state index < -0.39 is 29.3 Å². The highest BCUT2D eigenvalue weighted by Gasteiger charge is 2.23. The second-order valence-electron chi connectivity index (χ2n) is 6.13. The first-order valence-electron chi connectivity index (χ1n) is 7.33. The van der Waals surface area contributed by atoms with Gasteiger partial charge in [-0.1, -0.05) is 19.4 Å². The van der Waals surface area contributed by atoms with Crippen LogP contribution in [0.15, 0.2) is 18.2 Å². The number of nitrogens with one attached hydrogen (secondary N) is 1. The van der Waals surface area contributed by atoms with Gasteiger partial charge in [0.1, 0.15) is 11.6 Å². The third kappa shape index (κ3) is 5.60. The Hall–Kier alpha value is -1.69. The Balaban J connectivity index is 2.86. The van der Waals surface area contributed by atoms with Crippen LogP contribution in [0.1, 0.15) is 45.2 Å². The van der Waals surface area contributed by atoms with Crippen molar-refractivity contribution in [3.63, 3.8) is 0 Å². The summed E-state index contributed by atoms with van der Waals surface area (Å²) in [6, 6.07) is 2.38. The van der Waals surface area contributed by atoms with Gasteiger partial charge in [0.2, 0.25) is 0 Å². The van der Waals surface area contributed by atoms with Gasteiger partial charge in [-0.3, -0.25) is 0 Å². The fraction of sp³-hybridized carbons (Fsp3) is 0.562. The monoisotopic (exact) mass is 314 g/mol. The van der Waals surface area contributed by atoms with E-state index in [9.17, 15) is 18.7 Å². The molecule has 0 saturated carbocycles. The predicted molar refractivity (Wildman–Crippen MR) is 81.5 cm³/mol. The summed E-state index contributed by atoms with van der Waals surface area (Å²) >= 11 is 0. The summed E-state index contributed by atoms with van der Waals surface area (Å²) in [6.45, 7) is 5.25. The first kappa shape index (κ1) is 18.4. The maximum absolute atomic E-state index is 13.9. The molecule has 0 aliphatic carbocycles. The van der Waals surface area contributed by atoms with Crippen LogP contribution >= 0.6 is 0 Å². The van der Waals surface area contributed by atoms with Crippen molar-refractivity contribution in [2.75, 3.05) is 13.6 Å². The van der Waals surface area contributed by atoms with Crippen LogP contribution in [-0.4, -0.2) is 35.2 Å². The fourth-order valence-electron chi connectivity index (χ4n) is 2.29. The van der Waals surface area contributed by atoms with Gasteiger partial charge in [0, 0.05) is 18.7 Å². The minimum atomic E-state index is -1.02. The molecule has 0 aliphatic rings. The maximum atomic E-state index is 13.9. The first-order valence-corrected chi connectivity index (χ1v) is 7.33. The SMILES string of the molecule is CCCC(NC(=O)N(C)CC(C)(C)O)c1ccc(F)cc1F. The van der Waals surface area contributed by atoms with Gasteiger partial charge in [-0.25, -0.2) is 13.6 Å². The average Bonchev–Trinajstić information content (AvgIpc) is 2.36. The number of carbonyl (C=O) groups excluding carboxylic acids is 1. The normalized spacial score (nSPS) is 12.9. The Kier molecular flexibility index (Phi) is 6.29. The third-order valence-electron chi connectivity index (χ3n) is 3.18. The quantitative estimate of drug-likeness (QED) is 0.847. The van der Waals surface area contributed by atoms with Crippen molar-refractivity contribution >= 4 is 6.03 Å². The van der Waals surface area contributed by atoms with E-state index in [1.807, 2.05) is 6.92 Å². The molecule has 4 nitrogen and oxygen atoms in total. The molecule has 0 aliphatic heterocycles. The van der Waals surface area contributed by atoms with Gasteiger partial charge < -0.3 is 15.3 Å². The summed E-state index contributed by atoms with van der Waals surface area (Å²) in [6.07, 6.45) is 1.27. The molecule has 2 amide bonds. The van der Waals surface area contributed by atoms with Crippen molar-refractivity contribution in [3.8, 4) is 0 Å². The molecule has 0 fully saturated rings. The number of aliphatic hydroxyl groups is 1. The highest BCUT2D eigenvalue weighted by atomic mass is 19.1. The molecule has 1 rings (SSSR count). The Morgan fingerprint density at radius 3 is 2.55 bits per heavy atom. The number of amides is 2. The van der Waals surface area contributed by atoms with Crippen LogP contribution in [0, 0.1) is 11.6 Å². The standard InChI is InChI=1S/C16H24F2N2O2/c1-5-6-14(12-8-7-11(17)9-13(12)18)19-15(21)20(4)10-16(2,3)22/h7-9,14,22H,5-6,10H2,1-4H3,(H,19,21). The second kappa shape index (κ2) is 7.54. The number of urea groups is 1. The van der Waals surface area contributed by atoms with Crippen LogP contribution in [0.4, 0.5) is 13.6 Å². The molecule has 0 bridgehead atoms. The van der Waals surface area contributed by atoms with E-state index in [1.54, 1.807) is 20.9 Å². The number of hydrogen-bond donors (Lipinski definition) is 2. The molecule has 1 aromatic carbocycles. The van der Waals surface area contributed by atoms with Crippen molar-refractivity contribution in [1.82, 2.24) is 10.2 Å². The minimum Gasteiger partial charge on any atom is -0.389 e. The van der Waals surface area contributed by atoms with E-state index in [1.165, 1.54) is 17.0 Å². The van der Waals surface area contributed by atoms with Crippen molar-refractivity contribution < 1.29 is 18.7 Å². The van der Waals surface area contributed by atoms with E-state index >= 15 is 0 Å². The van der Waals surface area contributed by atoms with Gasteiger partial charge >= 0.3 is 6.03 Å². The lowest BCUT2D eigenvalue weighted by Gasteiger charge is -2.28. The number of hydrogen-bond acceptors (Lipinski definition) is 2. The topological polar surface area (TPSA) is 52.6 Å². The van der Waals surface area contributed by atoms with Gasteiger partial charge in [0.25, 0.3) is 0 Å². The molecular formula is C16H24F2N2O2. The Morgan fingerprint density at radius 2 is 2.05 bits per heavy atom. The van der Waals surface area contributed by atoms with Crippen LogP contribution < -0.4 is 5.32 Å². The third-order valence-corrected chi connectivity index (χ3v) is 3.18. The smallest absolute Gasteiger partial charge is 0.317 e. The van der Waals surface area contributed by atoms with Crippen LogP contribution in [-0.2, 0) is 0 Å². The number of halogens is 2. The Bertz CT molecular complexity index is 515. The minimum absolute atomic E-state index is 0.142. The van der Waals surface area contributed by atoms with Crippen LogP contribution in [0.3, 0.4) is 0 Å². The van der Waals surface area contributed by atoms with E-state index in [-0.39, 0.29) is 12.1 Å². The van der Waals surface area contributed by atoms with Gasteiger partial charge in [-0.15, -0.1) is 0 Å². The highest BCUT2D eigenvalue weighted by molar-refractivity contribution is 5.74. The summed E-state index contributed by atoms with van der Waals surface area (Å²) in [5.41, 5.74) is -0.763. The number of nitrogens with zero attached hydrogens (tertiary/aromatic N) is 1. The number of carbonyl (C=O) groups is 1. The van der Waals surface area contributed by atoms with Crippen LogP contribution in [0.25, 0.3) is 0 Å². The van der Waals surface area contributed by atoms with E-state index in [2.05, 4.69) is 5.32 Å². The summed E-state index contributed by atoms with van der Waals surface area (Å²) in [4.78, 5) is 13.5.